The highest BCUT2D eigenvalue weighted by Gasteiger charge is 2.04. The van der Waals surface area contributed by atoms with Crippen LogP contribution < -0.4 is 0 Å². The lowest BCUT2D eigenvalue weighted by atomic mass is 10.1. The maximum Gasteiger partial charge on any atom is 0.269 e. The summed E-state index contributed by atoms with van der Waals surface area (Å²) in [6.45, 7) is 0. The molecular weight excluding hydrogens is 284 g/mol. The largest absolute Gasteiger partial charge is 0.269 e. The van der Waals surface area contributed by atoms with Crippen molar-refractivity contribution < 1.29 is 4.92 Å². The Morgan fingerprint density at radius 1 is 1.18 bits per heavy atom. The van der Waals surface area contributed by atoms with Crippen LogP contribution in [0.4, 0.5) is 5.69 Å². The summed E-state index contributed by atoms with van der Waals surface area (Å²) >= 11 is 3.31. The summed E-state index contributed by atoms with van der Waals surface area (Å²) in [5.74, 6) is 0. The van der Waals surface area contributed by atoms with Gasteiger partial charge in [0.1, 0.15) is 4.60 Å². The van der Waals surface area contributed by atoms with Crippen molar-refractivity contribution in [3.8, 4) is 0 Å². The first-order chi connectivity index (χ1) is 8.15. The zero-order chi connectivity index (χ0) is 12.3. The molecule has 0 unspecified atom stereocenters. The topological polar surface area (TPSA) is 56.0 Å². The molecule has 86 valence electrons. The van der Waals surface area contributed by atoms with E-state index in [0.29, 0.717) is 6.42 Å². The van der Waals surface area contributed by atoms with E-state index in [1.807, 2.05) is 18.2 Å². The minimum absolute atomic E-state index is 0.107. The van der Waals surface area contributed by atoms with Crippen LogP contribution in [-0.4, -0.2) is 9.91 Å². The lowest BCUT2D eigenvalue weighted by molar-refractivity contribution is -0.384. The highest BCUT2D eigenvalue weighted by Crippen LogP contribution is 2.15. The first kappa shape index (κ1) is 11.7. The van der Waals surface area contributed by atoms with Gasteiger partial charge in [-0.05, 0) is 33.6 Å². The molecule has 0 bridgehead atoms. The molecule has 2 aromatic rings. The maximum absolute atomic E-state index is 10.5. The molecular formula is C12H9BrN2O2. The van der Waals surface area contributed by atoms with E-state index in [2.05, 4.69) is 20.9 Å². The molecule has 0 aliphatic rings. The fourth-order valence-corrected chi connectivity index (χ4v) is 1.87. The van der Waals surface area contributed by atoms with Gasteiger partial charge in [-0.3, -0.25) is 10.1 Å². The number of nitro benzene ring substituents is 1. The van der Waals surface area contributed by atoms with Crippen LogP contribution >= 0.6 is 15.9 Å². The first-order valence-corrected chi connectivity index (χ1v) is 5.79. The third kappa shape index (κ3) is 3.10. The highest BCUT2D eigenvalue weighted by atomic mass is 79.9. The van der Waals surface area contributed by atoms with Gasteiger partial charge < -0.3 is 0 Å². The molecule has 0 atom stereocenters. The molecule has 5 heteroatoms. The Labute approximate surface area is 107 Å². The number of hydrogen-bond donors (Lipinski definition) is 0. The number of nitro groups is 1. The molecule has 1 aromatic heterocycles. The number of benzene rings is 1. The fraction of sp³-hybridized carbons (Fsp3) is 0.0833. The van der Waals surface area contributed by atoms with Crippen LogP contribution in [0, 0.1) is 10.1 Å². The van der Waals surface area contributed by atoms with Gasteiger partial charge in [-0.15, -0.1) is 0 Å². The van der Waals surface area contributed by atoms with Crippen molar-refractivity contribution in [3.63, 3.8) is 0 Å². The SMILES string of the molecule is O=[N+]([O-])c1ccc(Cc2cccc(Br)n2)cc1. The molecule has 0 N–H and O–H groups in total. The smallest absolute Gasteiger partial charge is 0.258 e. The summed E-state index contributed by atoms with van der Waals surface area (Å²) in [5, 5.41) is 10.5. The molecule has 1 aromatic carbocycles. The molecule has 0 radical (unpaired) electrons. The molecule has 4 nitrogen and oxygen atoms in total. The Kier molecular flexibility index (Phi) is 3.49. The molecule has 1 heterocycles. The van der Waals surface area contributed by atoms with Gasteiger partial charge in [-0.1, -0.05) is 18.2 Å². The standard InChI is InChI=1S/C12H9BrN2O2/c13-12-3-1-2-10(14-12)8-9-4-6-11(7-5-9)15(16)17/h1-7H,8H2. The van der Waals surface area contributed by atoms with Crippen molar-refractivity contribution in [2.75, 3.05) is 0 Å². The van der Waals surface area contributed by atoms with E-state index in [4.69, 9.17) is 0 Å². The van der Waals surface area contributed by atoms with Crippen molar-refractivity contribution in [1.29, 1.82) is 0 Å². The second-order valence-corrected chi connectivity index (χ2v) is 4.36. The summed E-state index contributed by atoms with van der Waals surface area (Å²) in [6, 6.07) is 12.2. The summed E-state index contributed by atoms with van der Waals surface area (Å²) in [4.78, 5) is 14.4. The van der Waals surface area contributed by atoms with E-state index in [-0.39, 0.29) is 5.69 Å². The van der Waals surface area contributed by atoms with Gasteiger partial charge in [0.05, 0.1) is 4.92 Å². The molecule has 0 fully saturated rings. The average Bonchev–Trinajstić information content (AvgIpc) is 2.29. The van der Waals surface area contributed by atoms with Crippen LogP contribution in [0.2, 0.25) is 0 Å². The van der Waals surface area contributed by atoms with Crippen LogP contribution in [0.5, 0.6) is 0 Å². The second kappa shape index (κ2) is 5.05. The highest BCUT2D eigenvalue weighted by molar-refractivity contribution is 9.10. The van der Waals surface area contributed by atoms with Crippen molar-refractivity contribution in [2.45, 2.75) is 6.42 Å². The summed E-state index contributed by atoms with van der Waals surface area (Å²) < 4.78 is 0.789. The molecule has 17 heavy (non-hydrogen) atoms. The summed E-state index contributed by atoms with van der Waals surface area (Å²) in [6.07, 6.45) is 0.664. The summed E-state index contributed by atoms with van der Waals surface area (Å²) in [7, 11) is 0. The Morgan fingerprint density at radius 3 is 2.47 bits per heavy atom. The fourth-order valence-electron chi connectivity index (χ4n) is 1.49. The van der Waals surface area contributed by atoms with Crippen LogP contribution in [0.3, 0.4) is 0 Å². The van der Waals surface area contributed by atoms with E-state index in [1.54, 1.807) is 12.1 Å². The average molecular weight is 293 g/mol. The monoisotopic (exact) mass is 292 g/mol. The molecule has 0 saturated heterocycles. The number of non-ortho nitro benzene ring substituents is 1. The van der Waals surface area contributed by atoms with Crippen molar-refractivity contribution in [1.82, 2.24) is 4.98 Å². The number of nitrogens with zero attached hydrogens (tertiary/aromatic N) is 2. The number of halogens is 1. The van der Waals surface area contributed by atoms with Crippen molar-refractivity contribution >= 4 is 21.6 Å². The Hall–Kier alpha value is -1.75. The third-order valence-corrected chi connectivity index (χ3v) is 2.75. The zero-order valence-corrected chi connectivity index (χ0v) is 10.4. The van der Waals surface area contributed by atoms with E-state index in [1.165, 1.54) is 12.1 Å². The first-order valence-electron chi connectivity index (χ1n) is 5.00. The third-order valence-electron chi connectivity index (χ3n) is 2.31. The number of hydrogen-bond acceptors (Lipinski definition) is 3. The molecule has 0 spiro atoms. The summed E-state index contributed by atoms with van der Waals surface area (Å²) in [5.41, 5.74) is 2.03. The lowest BCUT2D eigenvalue weighted by Crippen LogP contribution is -1.93. The van der Waals surface area contributed by atoms with Gasteiger partial charge in [0, 0.05) is 24.2 Å². The predicted molar refractivity (Wildman–Crippen MR) is 67.8 cm³/mol. The number of aromatic nitrogens is 1. The number of pyridine rings is 1. The second-order valence-electron chi connectivity index (χ2n) is 3.55. The maximum atomic E-state index is 10.5. The van der Waals surface area contributed by atoms with Crippen LogP contribution in [-0.2, 0) is 6.42 Å². The Bertz CT molecular complexity index is 540. The van der Waals surface area contributed by atoms with Crippen molar-refractivity contribution in [2.24, 2.45) is 0 Å². The van der Waals surface area contributed by atoms with Gasteiger partial charge >= 0.3 is 0 Å². The number of rotatable bonds is 3. The molecule has 0 aliphatic carbocycles. The Morgan fingerprint density at radius 2 is 1.88 bits per heavy atom. The quantitative estimate of drug-likeness (QED) is 0.495. The minimum atomic E-state index is -0.402. The van der Waals surface area contributed by atoms with Gasteiger partial charge in [-0.25, -0.2) is 4.98 Å². The van der Waals surface area contributed by atoms with Crippen LogP contribution in [0.25, 0.3) is 0 Å². The predicted octanol–water partition coefficient (Wildman–Crippen LogP) is 3.34. The molecule has 0 amide bonds. The van der Waals surface area contributed by atoms with E-state index < -0.39 is 4.92 Å². The Balaban J connectivity index is 2.16. The van der Waals surface area contributed by atoms with Gasteiger partial charge in [0.15, 0.2) is 0 Å². The van der Waals surface area contributed by atoms with Gasteiger partial charge in [0.25, 0.3) is 5.69 Å². The van der Waals surface area contributed by atoms with E-state index in [9.17, 15) is 10.1 Å². The molecule has 0 saturated carbocycles. The van der Waals surface area contributed by atoms with Gasteiger partial charge in [-0.2, -0.15) is 0 Å². The zero-order valence-electron chi connectivity index (χ0n) is 8.84. The van der Waals surface area contributed by atoms with Crippen molar-refractivity contribution in [3.05, 3.63) is 68.4 Å². The molecule has 0 aliphatic heterocycles. The van der Waals surface area contributed by atoms with Crippen LogP contribution in [0.1, 0.15) is 11.3 Å². The van der Waals surface area contributed by atoms with Gasteiger partial charge in [0.2, 0.25) is 0 Å². The lowest BCUT2D eigenvalue weighted by Gasteiger charge is -2.01. The van der Waals surface area contributed by atoms with E-state index in [0.717, 1.165) is 15.9 Å². The normalized spacial score (nSPS) is 10.2. The van der Waals surface area contributed by atoms with Crippen LogP contribution in [0.15, 0.2) is 47.1 Å². The minimum Gasteiger partial charge on any atom is -0.258 e. The molecule has 2 rings (SSSR count). The van der Waals surface area contributed by atoms with E-state index >= 15 is 0 Å².